The molecular weight excluding hydrogens is 383 g/mol. The van der Waals surface area contributed by atoms with E-state index in [1.165, 1.54) is 6.07 Å². The Hall–Kier alpha value is -2.46. The van der Waals surface area contributed by atoms with Gasteiger partial charge in [-0.2, -0.15) is 5.26 Å². The van der Waals surface area contributed by atoms with Crippen LogP contribution in [0.25, 0.3) is 0 Å². The fourth-order valence-corrected chi connectivity index (χ4v) is 6.03. The SMILES string of the molecule is CC(CC#N)(OCc1ccccc1F)C(N)=NC1C2CC3CC1CC(C(N)=O)(C3)C2. The van der Waals surface area contributed by atoms with Crippen molar-refractivity contribution in [3.05, 3.63) is 35.6 Å². The van der Waals surface area contributed by atoms with Crippen molar-refractivity contribution in [2.24, 2.45) is 39.6 Å². The molecule has 4 bridgehead atoms. The number of nitriles is 1. The molecule has 7 heteroatoms. The second-order valence-corrected chi connectivity index (χ2v) is 9.57. The summed E-state index contributed by atoms with van der Waals surface area (Å²) in [5.41, 5.74) is 11.1. The Morgan fingerprint density at radius 3 is 2.57 bits per heavy atom. The summed E-state index contributed by atoms with van der Waals surface area (Å²) in [6.45, 7) is 1.74. The van der Waals surface area contributed by atoms with Crippen LogP contribution in [0.2, 0.25) is 0 Å². The topological polar surface area (TPSA) is 114 Å². The molecule has 0 aromatic heterocycles. The second kappa shape index (κ2) is 7.66. The zero-order chi connectivity index (χ0) is 21.5. The Morgan fingerprint density at radius 1 is 1.30 bits per heavy atom. The van der Waals surface area contributed by atoms with E-state index < -0.39 is 5.60 Å². The normalized spacial score (nSPS) is 34.4. The van der Waals surface area contributed by atoms with Gasteiger partial charge in [-0.05, 0) is 62.8 Å². The van der Waals surface area contributed by atoms with Crippen LogP contribution in [0.3, 0.4) is 0 Å². The number of hydrogen-bond donors (Lipinski definition) is 2. The molecule has 3 unspecified atom stereocenters. The molecule has 6 nitrogen and oxygen atoms in total. The van der Waals surface area contributed by atoms with Gasteiger partial charge in [-0.3, -0.25) is 9.79 Å². The number of amides is 1. The van der Waals surface area contributed by atoms with Gasteiger partial charge in [0.2, 0.25) is 5.91 Å². The van der Waals surface area contributed by atoms with Gasteiger partial charge in [0.15, 0.2) is 0 Å². The molecule has 4 aliphatic carbocycles. The van der Waals surface area contributed by atoms with Crippen molar-refractivity contribution in [1.29, 1.82) is 5.26 Å². The fraction of sp³-hybridized carbons (Fsp3) is 0.609. The lowest BCUT2D eigenvalue weighted by atomic mass is 9.48. The van der Waals surface area contributed by atoms with Crippen molar-refractivity contribution >= 4 is 11.7 Å². The van der Waals surface area contributed by atoms with Gasteiger partial charge in [0, 0.05) is 11.0 Å². The minimum absolute atomic E-state index is 0.00541. The van der Waals surface area contributed by atoms with Gasteiger partial charge in [0.1, 0.15) is 17.3 Å². The van der Waals surface area contributed by atoms with E-state index >= 15 is 0 Å². The van der Waals surface area contributed by atoms with Gasteiger partial charge in [-0.15, -0.1) is 0 Å². The van der Waals surface area contributed by atoms with Gasteiger partial charge < -0.3 is 16.2 Å². The highest BCUT2D eigenvalue weighted by Gasteiger charge is 2.58. The average Bonchev–Trinajstić information content (AvgIpc) is 2.69. The van der Waals surface area contributed by atoms with Gasteiger partial charge in [-0.1, -0.05) is 18.2 Å². The van der Waals surface area contributed by atoms with Crippen LogP contribution in [0.15, 0.2) is 29.3 Å². The number of nitrogens with zero attached hydrogens (tertiary/aromatic N) is 2. The number of benzene rings is 1. The Labute approximate surface area is 176 Å². The Balaban J connectivity index is 1.54. The molecule has 1 aromatic carbocycles. The number of primary amides is 1. The lowest BCUT2D eigenvalue weighted by molar-refractivity contribution is -0.144. The predicted molar refractivity (Wildman–Crippen MR) is 110 cm³/mol. The van der Waals surface area contributed by atoms with Gasteiger partial charge in [0.05, 0.1) is 25.1 Å². The Morgan fingerprint density at radius 2 is 1.97 bits per heavy atom. The molecule has 0 saturated heterocycles. The summed E-state index contributed by atoms with van der Waals surface area (Å²) in [5, 5.41) is 9.34. The van der Waals surface area contributed by atoms with E-state index in [1.54, 1.807) is 25.1 Å². The number of nitrogens with two attached hydrogens (primary N) is 2. The molecule has 5 rings (SSSR count). The summed E-state index contributed by atoms with van der Waals surface area (Å²) < 4.78 is 19.9. The monoisotopic (exact) mass is 412 g/mol. The summed E-state index contributed by atoms with van der Waals surface area (Å²) in [6.07, 6.45) is 4.53. The van der Waals surface area contributed by atoms with E-state index in [0.717, 1.165) is 32.1 Å². The van der Waals surface area contributed by atoms with E-state index in [0.29, 0.717) is 11.5 Å². The molecule has 0 heterocycles. The third-order valence-corrected chi connectivity index (χ3v) is 7.50. The number of amidine groups is 1. The van der Waals surface area contributed by atoms with Crippen LogP contribution in [-0.4, -0.2) is 23.4 Å². The first kappa shape index (κ1) is 20.8. The summed E-state index contributed by atoms with van der Waals surface area (Å²) in [5.74, 6) is 0.821. The van der Waals surface area contributed by atoms with E-state index in [4.69, 9.17) is 21.2 Å². The standard InChI is InChI=1S/C23H29FN4O2/c1-22(6-7-25,30-13-15-4-2-3-5-18(15)24)20(26)28-19-16-8-14-9-17(19)12-23(10-14,11-16)21(27)29/h2-5,14,16-17,19H,6,8-13H2,1H3,(H2,26,28)(H2,27,29). The molecule has 0 radical (unpaired) electrons. The van der Waals surface area contributed by atoms with Crippen molar-refractivity contribution < 1.29 is 13.9 Å². The maximum atomic E-state index is 14.0. The zero-order valence-electron chi connectivity index (χ0n) is 17.3. The smallest absolute Gasteiger partial charge is 0.223 e. The maximum Gasteiger partial charge on any atom is 0.223 e. The van der Waals surface area contributed by atoms with Crippen LogP contribution < -0.4 is 11.5 Å². The van der Waals surface area contributed by atoms with E-state index in [2.05, 4.69) is 6.07 Å². The lowest BCUT2D eigenvalue weighted by Crippen LogP contribution is -2.58. The van der Waals surface area contributed by atoms with E-state index in [-0.39, 0.29) is 53.9 Å². The molecular formula is C23H29FN4O2. The molecule has 4 aliphatic rings. The third-order valence-electron chi connectivity index (χ3n) is 7.50. The van der Waals surface area contributed by atoms with Crippen LogP contribution >= 0.6 is 0 Å². The molecule has 4 N–H and O–H groups in total. The quantitative estimate of drug-likeness (QED) is 0.529. The third kappa shape index (κ3) is 3.58. The highest BCUT2D eigenvalue weighted by Crippen LogP contribution is 2.60. The zero-order valence-corrected chi connectivity index (χ0v) is 17.3. The molecule has 0 spiro atoms. The molecule has 4 saturated carbocycles. The van der Waals surface area contributed by atoms with Crippen LogP contribution in [0.1, 0.15) is 51.0 Å². The number of ether oxygens (including phenoxy) is 1. The first-order valence-electron chi connectivity index (χ1n) is 10.6. The van der Waals surface area contributed by atoms with E-state index in [9.17, 15) is 14.4 Å². The summed E-state index contributed by atoms with van der Waals surface area (Å²) in [7, 11) is 0. The van der Waals surface area contributed by atoms with Crippen LogP contribution in [0, 0.1) is 40.3 Å². The van der Waals surface area contributed by atoms with Crippen LogP contribution in [0.5, 0.6) is 0 Å². The summed E-state index contributed by atoms with van der Waals surface area (Å²) in [4.78, 5) is 17.0. The lowest BCUT2D eigenvalue weighted by Gasteiger charge is -2.57. The molecule has 4 fully saturated rings. The van der Waals surface area contributed by atoms with Crippen molar-refractivity contribution in [3.63, 3.8) is 0 Å². The van der Waals surface area contributed by atoms with Gasteiger partial charge in [0.25, 0.3) is 0 Å². The van der Waals surface area contributed by atoms with Crippen molar-refractivity contribution in [2.75, 3.05) is 0 Å². The number of aliphatic imine (C=N–C) groups is 1. The van der Waals surface area contributed by atoms with Gasteiger partial charge in [-0.25, -0.2) is 4.39 Å². The second-order valence-electron chi connectivity index (χ2n) is 9.57. The number of hydrogen-bond acceptors (Lipinski definition) is 4. The number of carbonyl (C=O) groups is 1. The highest BCUT2D eigenvalue weighted by atomic mass is 19.1. The summed E-state index contributed by atoms with van der Waals surface area (Å²) in [6, 6.07) is 8.52. The largest absolute Gasteiger partial charge is 0.385 e. The minimum Gasteiger partial charge on any atom is -0.385 e. The minimum atomic E-state index is -1.10. The predicted octanol–water partition coefficient (Wildman–Crippen LogP) is 3.05. The molecule has 0 aliphatic heterocycles. The van der Waals surface area contributed by atoms with Crippen molar-refractivity contribution in [3.8, 4) is 6.07 Å². The van der Waals surface area contributed by atoms with E-state index in [1.807, 2.05) is 0 Å². The molecule has 30 heavy (non-hydrogen) atoms. The summed E-state index contributed by atoms with van der Waals surface area (Å²) >= 11 is 0. The van der Waals surface area contributed by atoms with Crippen molar-refractivity contribution in [1.82, 2.24) is 0 Å². The average molecular weight is 413 g/mol. The first-order chi connectivity index (χ1) is 14.3. The highest BCUT2D eigenvalue weighted by molar-refractivity contribution is 5.89. The number of rotatable bonds is 7. The van der Waals surface area contributed by atoms with Gasteiger partial charge >= 0.3 is 0 Å². The fourth-order valence-electron chi connectivity index (χ4n) is 6.03. The Bertz CT molecular complexity index is 895. The molecule has 1 amide bonds. The first-order valence-corrected chi connectivity index (χ1v) is 10.6. The Kier molecular flexibility index (Phi) is 5.31. The molecule has 160 valence electrons. The maximum absolute atomic E-state index is 14.0. The molecule has 1 aromatic rings. The van der Waals surface area contributed by atoms with Crippen LogP contribution in [-0.2, 0) is 16.1 Å². The number of carbonyl (C=O) groups excluding carboxylic acids is 1. The van der Waals surface area contributed by atoms with Crippen molar-refractivity contribution in [2.45, 2.75) is 63.7 Å². The number of halogens is 1. The van der Waals surface area contributed by atoms with Crippen LogP contribution in [0.4, 0.5) is 4.39 Å². The molecule has 3 atom stereocenters.